The van der Waals surface area contributed by atoms with Gasteiger partial charge in [0.1, 0.15) is 0 Å². The van der Waals surface area contributed by atoms with Crippen LogP contribution in [-0.2, 0) is 0 Å². The Bertz CT molecular complexity index is 340. The van der Waals surface area contributed by atoms with E-state index in [0.29, 0.717) is 5.56 Å². The highest BCUT2D eigenvalue weighted by molar-refractivity contribution is 5.48. The number of aryl methyl sites for hydroxylation is 2. The third kappa shape index (κ3) is 3.04. The lowest BCUT2D eigenvalue weighted by Crippen LogP contribution is -2.06. The standard InChI is InChI=1S/C10H11F3O2/c1-6-3-7(2)9(15-10(12)13)8(4-6)14-5-11/h3-4,10H,5H2,1-2H3. The minimum absolute atomic E-state index is 0.00435. The fourth-order valence-electron chi connectivity index (χ4n) is 1.32. The summed E-state index contributed by atoms with van der Waals surface area (Å²) in [5.41, 5.74) is 1.27. The smallest absolute Gasteiger partial charge is 0.387 e. The first kappa shape index (κ1) is 11.7. The lowest BCUT2D eigenvalue weighted by molar-refractivity contribution is -0.0524. The highest BCUT2D eigenvalue weighted by atomic mass is 19.3. The average Bonchev–Trinajstić information content (AvgIpc) is 2.11. The van der Waals surface area contributed by atoms with Gasteiger partial charge < -0.3 is 9.47 Å². The van der Waals surface area contributed by atoms with Gasteiger partial charge in [0, 0.05) is 0 Å². The van der Waals surface area contributed by atoms with E-state index in [0.717, 1.165) is 5.56 Å². The van der Waals surface area contributed by atoms with E-state index >= 15 is 0 Å². The van der Waals surface area contributed by atoms with Crippen LogP contribution in [-0.4, -0.2) is 13.5 Å². The minimum atomic E-state index is -2.95. The first-order chi connectivity index (χ1) is 7.04. The van der Waals surface area contributed by atoms with Crippen molar-refractivity contribution in [3.8, 4) is 11.5 Å². The molecule has 0 bridgehead atoms. The van der Waals surface area contributed by atoms with Crippen LogP contribution in [0.15, 0.2) is 12.1 Å². The molecule has 0 N–H and O–H groups in total. The number of hydrogen-bond donors (Lipinski definition) is 0. The van der Waals surface area contributed by atoms with Gasteiger partial charge in [0.15, 0.2) is 11.5 Å². The molecule has 0 aliphatic carbocycles. The zero-order chi connectivity index (χ0) is 11.4. The Morgan fingerprint density at radius 1 is 1.27 bits per heavy atom. The van der Waals surface area contributed by atoms with Crippen molar-refractivity contribution in [2.45, 2.75) is 20.5 Å². The van der Waals surface area contributed by atoms with Crippen molar-refractivity contribution in [2.24, 2.45) is 0 Å². The summed E-state index contributed by atoms with van der Waals surface area (Å²) in [5.74, 6) is -0.122. The molecule has 5 heteroatoms. The van der Waals surface area contributed by atoms with Crippen LogP contribution in [0, 0.1) is 13.8 Å². The van der Waals surface area contributed by atoms with Gasteiger partial charge in [-0.2, -0.15) is 8.78 Å². The van der Waals surface area contributed by atoms with Crippen LogP contribution < -0.4 is 9.47 Å². The van der Waals surface area contributed by atoms with Gasteiger partial charge in [-0.25, -0.2) is 4.39 Å². The van der Waals surface area contributed by atoms with Crippen LogP contribution >= 0.6 is 0 Å². The molecule has 0 saturated heterocycles. The molecule has 0 fully saturated rings. The summed E-state index contributed by atoms with van der Waals surface area (Å²) in [4.78, 5) is 0. The van der Waals surface area contributed by atoms with E-state index in [2.05, 4.69) is 9.47 Å². The molecule has 0 aliphatic heterocycles. The van der Waals surface area contributed by atoms with E-state index in [1.165, 1.54) is 6.07 Å². The summed E-state index contributed by atoms with van der Waals surface area (Å²) in [6, 6.07) is 3.10. The largest absolute Gasteiger partial charge is 0.459 e. The van der Waals surface area contributed by atoms with Crippen LogP contribution in [0.4, 0.5) is 13.2 Å². The van der Waals surface area contributed by atoms with Crippen molar-refractivity contribution in [1.82, 2.24) is 0 Å². The maximum Gasteiger partial charge on any atom is 0.387 e. The Hall–Kier alpha value is -1.39. The first-order valence-electron chi connectivity index (χ1n) is 4.29. The van der Waals surface area contributed by atoms with Crippen molar-refractivity contribution in [2.75, 3.05) is 6.86 Å². The summed E-state index contributed by atoms with van der Waals surface area (Å²) in [7, 11) is 0. The molecule has 0 heterocycles. The van der Waals surface area contributed by atoms with Gasteiger partial charge in [-0.15, -0.1) is 0 Å². The molecule has 0 atom stereocenters. The van der Waals surface area contributed by atoms with Crippen LogP contribution in [0.1, 0.15) is 11.1 Å². The molecule has 1 rings (SSSR count). The number of hydrogen-bond acceptors (Lipinski definition) is 2. The van der Waals surface area contributed by atoms with E-state index in [1.807, 2.05) is 0 Å². The average molecular weight is 220 g/mol. The van der Waals surface area contributed by atoms with E-state index < -0.39 is 13.5 Å². The Kier molecular flexibility index (Phi) is 3.82. The first-order valence-corrected chi connectivity index (χ1v) is 4.29. The molecule has 1 aromatic rings. The highest BCUT2D eigenvalue weighted by Crippen LogP contribution is 2.33. The summed E-state index contributed by atoms with van der Waals surface area (Å²) in [6.07, 6.45) is 0. The molecule has 1 aromatic carbocycles. The summed E-state index contributed by atoms with van der Waals surface area (Å²) >= 11 is 0. The maximum absolute atomic E-state index is 12.0. The zero-order valence-electron chi connectivity index (χ0n) is 8.39. The Labute approximate surface area is 85.6 Å². The third-order valence-electron chi connectivity index (χ3n) is 1.80. The second kappa shape index (κ2) is 4.91. The lowest BCUT2D eigenvalue weighted by Gasteiger charge is -2.13. The van der Waals surface area contributed by atoms with Crippen molar-refractivity contribution < 1.29 is 22.6 Å². The third-order valence-corrected chi connectivity index (χ3v) is 1.80. The van der Waals surface area contributed by atoms with Crippen molar-refractivity contribution in [1.29, 1.82) is 0 Å². The highest BCUT2D eigenvalue weighted by Gasteiger charge is 2.14. The molecule has 84 valence electrons. The number of ether oxygens (including phenoxy) is 2. The Morgan fingerprint density at radius 3 is 2.47 bits per heavy atom. The fraction of sp³-hybridized carbons (Fsp3) is 0.400. The van der Waals surface area contributed by atoms with Gasteiger partial charge in [0.25, 0.3) is 0 Å². The van der Waals surface area contributed by atoms with Crippen molar-refractivity contribution >= 4 is 0 Å². The van der Waals surface area contributed by atoms with Gasteiger partial charge in [0.05, 0.1) is 0 Å². The van der Waals surface area contributed by atoms with Crippen LogP contribution in [0.25, 0.3) is 0 Å². The van der Waals surface area contributed by atoms with Gasteiger partial charge in [-0.1, -0.05) is 6.07 Å². The SMILES string of the molecule is Cc1cc(C)c(OC(F)F)c(OCF)c1. The molecule has 2 nitrogen and oxygen atoms in total. The predicted octanol–water partition coefficient (Wildman–Crippen LogP) is 3.21. The molecule has 15 heavy (non-hydrogen) atoms. The maximum atomic E-state index is 12.0. The summed E-state index contributed by atoms with van der Waals surface area (Å²) < 4.78 is 44.9. The number of alkyl halides is 3. The summed E-state index contributed by atoms with van der Waals surface area (Å²) in [5, 5.41) is 0. The second-order valence-corrected chi connectivity index (χ2v) is 3.04. The molecule has 0 radical (unpaired) electrons. The summed E-state index contributed by atoms with van der Waals surface area (Å²) in [6.45, 7) is -0.684. The molecule has 0 aromatic heterocycles. The van der Waals surface area contributed by atoms with Gasteiger partial charge in [-0.05, 0) is 31.0 Å². The normalized spacial score (nSPS) is 10.5. The van der Waals surface area contributed by atoms with E-state index in [4.69, 9.17) is 0 Å². The second-order valence-electron chi connectivity index (χ2n) is 3.04. The van der Waals surface area contributed by atoms with Gasteiger partial charge in [-0.3, -0.25) is 0 Å². The lowest BCUT2D eigenvalue weighted by atomic mass is 10.1. The number of benzene rings is 1. The molecule has 0 saturated carbocycles. The van der Waals surface area contributed by atoms with E-state index in [-0.39, 0.29) is 11.5 Å². The van der Waals surface area contributed by atoms with Crippen LogP contribution in [0.3, 0.4) is 0 Å². The van der Waals surface area contributed by atoms with E-state index in [1.54, 1.807) is 19.9 Å². The minimum Gasteiger partial charge on any atom is -0.459 e. The molecule has 0 amide bonds. The topological polar surface area (TPSA) is 18.5 Å². The molecular formula is C10H11F3O2. The fourth-order valence-corrected chi connectivity index (χ4v) is 1.32. The quantitative estimate of drug-likeness (QED) is 0.775. The monoisotopic (exact) mass is 220 g/mol. The van der Waals surface area contributed by atoms with Crippen LogP contribution in [0.5, 0.6) is 11.5 Å². The number of rotatable bonds is 4. The molecule has 0 unspecified atom stereocenters. The van der Waals surface area contributed by atoms with Crippen LogP contribution in [0.2, 0.25) is 0 Å². The Balaban J connectivity index is 3.08. The predicted molar refractivity (Wildman–Crippen MR) is 49.2 cm³/mol. The van der Waals surface area contributed by atoms with Gasteiger partial charge >= 0.3 is 6.61 Å². The van der Waals surface area contributed by atoms with E-state index in [9.17, 15) is 13.2 Å². The van der Waals surface area contributed by atoms with Crippen molar-refractivity contribution in [3.63, 3.8) is 0 Å². The molecular weight excluding hydrogens is 209 g/mol. The molecule has 0 aliphatic rings. The van der Waals surface area contributed by atoms with Gasteiger partial charge in [0.2, 0.25) is 6.86 Å². The zero-order valence-corrected chi connectivity index (χ0v) is 8.39. The number of halogens is 3. The van der Waals surface area contributed by atoms with Crippen molar-refractivity contribution in [3.05, 3.63) is 23.3 Å². The Morgan fingerprint density at radius 2 is 1.93 bits per heavy atom. The molecule has 0 spiro atoms.